The second-order valence-electron chi connectivity index (χ2n) is 8.27. The van der Waals surface area contributed by atoms with E-state index in [2.05, 4.69) is 6.92 Å². The molecule has 0 aliphatic carbocycles. The molecule has 0 saturated heterocycles. The van der Waals surface area contributed by atoms with Crippen LogP contribution < -0.4 is 29.6 Å². The van der Waals surface area contributed by atoms with Gasteiger partial charge >= 0.3 is 29.6 Å². The third-order valence-electron chi connectivity index (χ3n) is 5.53. The number of hydrogen-bond acceptors (Lipinski definition) is 4. The van der Waals surface area contributed by atoms with E-state index in [-0.39, 0.29) is 35.7 Å². The Kier molecular flexibility index (Phi) is 23.4. The van der Waals surface area contributed by atoms with E-state index in [0.717, 1.165) is 38.5 Å². The van der Waals surface area contributed by atoms with Crippen LogP contribution in [0.5, 0.6) is 0 Å². The van der Waals surface area contributed by atoms with E-state index < -0.39 is 15.4 Å². The van der Waals surface area contributed by atoms with Crippen molar-refractivity contribution in [1.82, 2.24) is 0 Å². The molecular weight excluding hydrogens is 383 g/mol. The minimum absolute atomic E-state index is 0. The molecule has 0 aromatic carbocycles. The predicted molar refractivity (Wildman–Crippen MR) is 114 cm³/mol. The van der Waals surface area contributed by atoms with Crippen molar-refractivity contribution in [2.75, 3.05) is 0 Å². The average molecular weight is 429 g/mol. The fraction of sp³-hybridized carbons (Fsp3) is 1.00. The van der Waals surface area contributed by atoms with E-state index >= 15 is 0 Å². The van der Waals surface area contributed by atoms with Gasteiger partial charge in [0.2, 0.25) is 0 Å². The molecule has 164 valence electrons. The molecule has 0 aromatic rings. The minimum Gasteiger partial charge on any atom is -0.748 e. The monoisotopic (exact) mass is 428 g/mol. The summed E-state index contributed by atoms with van der Waals surface area (Å²) in [5, 5.41) is 9.24. The normalized spacial score (nSPS) is 13.9. The van der Waals surface area contributed by atoms with Crippen molar-refractivity contribution in [3.8, 4) is 0 Å². The van der Waals surface area contributed by atoms with E-state index in [9.17, 15) is 18.1 Å². The third-order valence-corrected chi connectivity index (χ3v) is 6.75. The molecule has 0 aliphatic heterocycles. The van der Waals surface area contributed by atoms with Crippen LogP contribution in [0.15, 0.2) is 0 Å². The summed E-state index contributed by atoms with van der Waals surface area (Å²) in [6.45, 7) is 3.74. The first-order chi connectivity index (χ1) is 12.9. The van der Waals surface area contributed by atoms with Crippen LogP contribution in [-0.2, 0) is 10.1 Å². The maximum atomic E-state index is 10.8. The predicted octanol–water partition coefficient (Wildman–Crippen LogP) is 3.33. The maximum Gasteiger partial charge on any atom is 1.00 e. The number of aliphatic hydroxyl groups is 1. The largest absolute Gasteiger partial charge is 1.00 e. The molecule has 0 aliphatic rings. The Morgan fingerprint density at radius 3 is 1.36 bits per heavy atom. The van der Waals surface area contributed by atoms with Gasteiger partial charge in [-0.25, -0.2) is 8.42 Å². The first kappa shape index (κ1) is 31.1. The smallest absolute Gasteiger partial charge is 0.748 e. The molecule has 0 radical (unpaired) electrons. The van der Waals surface area contributed by atoms with Gasteiger partial charge in [-0.3, -0.25) is 0 Å². The van der Waals surface area contributed by atoms with Gasteiger partial charge in [0.15, 0.2) is 0 Å². The van der Waals surface area contributed by atoms with Crippen LogP contribution >= 0.6 is 0 Å². The molecule has 0 aromatic heterocycles. The van der Waals surface area contributed by atoms with Gasteiger partial charge in [0.25, 0.3) is 0 Å². The molecule has 6 heteroatoms. The maximum absolute atomic E-state index is 10.8. The molecule has 4 nitrogen and oxygen atoms in total. The SMILES string of the molecule is CCCCCCCC(O)CCCCCCCCCCCCC(C)S(=O)(=O)[O-].[Na+]. The zero-order valence-corrected chi connectivity index (χ0v) is 21.8. The van der Waals surface area contributed by atoms with Crippen molar-refractivity contribution >= 4 is 10.1 Å². The van der Waals surface area contributed by atoms with Gasteiger partial charge in [0.1, 0.15) is 0 Å². The molecule has 2 unspecified atom stereocenters. The summed E-state index contributed by atoms with van der Waals surface area (Å²) in [6, 6.07) is 0. The molecule has 1 N–H and O–H groups in total. The van der Waals surface area contributed by atoms with Gasteiger partial charge in [-0.1, -0.05) is 103 Å². The van der Waals surface area contributed by atoms with Gasteiger partial charge in [-0.2, -0.15) is 0 Å². The van der Waals surface area contributed by atoms with E-state index in [0.29, 0.717) is 6.42 Å². The Labute approximate surface area is 197 Å². The van der Waals surface area contributed by atoms with Crippen molar-refractivity contribution < 1.29 is 47.6 Å². The van der Waals surface area contributed by atoms with Gasteiger partial charge in [-0.05, 0) is 26.2 Å². The Bertz CT molecular complexity index is 415. The van der Waals surface area contributed by atoms with Gasteiger partial charge in [0.05, 0.1) is 16.2 Å². The number of aliphatic hydroxyl groups excluding tert-OH is 1. The molecule has 0 amide bonds. The van der Waals surface area contributed by atoms with Crippen LogP contribution in [0.1, 0.15) is 129 Å². The quantitative estimate of drug-likeness (QED) is 0.183. The van der Waals surface area contributed by atoms with Crippen LogP contribution in [0, 0.1) is 0 Å². The Morgan fingerprint density at radius 2 is 1.00 bits per heavy atom. The zero-order chi connectivity index (χ0) is 20.4. The summed E-state index contributed by atoms with van der Waals surface area (Å²) in [5.74, 6) is 0. The zero-order valence-electron chi connectivity index (χ0n) is 19.0. The molecule has 0 heterocycles. The van der Waals surface area contributed by atoms with Crippen molar-refractivity contribution in [2.24, 2.45) is 0 Å². The van der Waals surface area contributed by atoms with Crippen molar-refractivity contribution in [3.63, 3.8) is 0 Å². The molecule has 0 bridgehead atoms. The van der Waals surface area contributed by atoms with Gasteiger partial charge in [0, 0.05) is 5.25 Å². The van der Waals surface area contributed by atoms with Crippen molar-refractivity contribution in [1.29, 1.82) is 0 Å². The molecule has 0 saturated carbocycles. The molecule has 0 rings (SSSR count). The molecular formula is C22H45NaO4S. The fourth-order valence-corrected chi connectivity index (χ4v) is 3.95. The summed E-state index contributed by atoms with van der Waals surface area (Å²) < 4.78 is 32.4. The van der Waals surface area contributed by atoms with Gasteiger partial charge in [-0.15, -0.1) is 0 Å². The van der Waals surface area contributed by atoms with E-state index in [4.69, 9.17) is 0 Å². The summed E-state index contributed by atoms with van der Waals surface area (Å²) in [4.78, 5) is 0. The van der Waals surface area contributed by atoms with Crippen LogP contribution in [0.25, 0.3) is 0 Å². The molecule has 0 spiro atoms. The standard InChI is InChI=1S/C22H46O4S.Na/c1-3-4-5-12-16-19-22(23)20-17-14-11-9-7-6-8-10-13-15-18-21(2)27(24,25)26;/h21-23H,3-20H2,1-2H3,(H,24,25,26);/q;+1/p-1. The van der Waals surface area contributed by atoms with E-state index in [1.807, 2.05) is 0 Å². The second-order valence-corrected chi connectivity index (χ2v) is 10.1. The topological polar surface area (TPSA) is 77.4 Å². The Hall–Kier alpha value is 0.870. The second kappa shape index (κ2) is 21.1. The fourth-order valence-electron chi connectivity index (χ4n) is 3.50. The molecule has 2 atom stereocenters. The number of rotatable bonds is 20. The van der Waals surface area contributed by atoms with Crippen LogP contribution in [-0.4, -0.2) is 29.4 Å². The summed E-state index contributed by atoms with van der Waals surface area (Å²) in [5.41, 5.74) is 0. The molecule has 28 heavy (non-hydrogen) atoms. The van der Waals surface area contributed by atoms with Crippen LogP contribution in [0.4, 0.5) is 0 Å². The molecule has 0 fully saturated rings. The summed E-state index contributed by atoms with van der Waals surface area (Å²) >= 11 is 0. The average Bonchev–Trinajstić information content (AvgIpc) is 2.61. The van der Waals surface area contributed by atoms with Crippen molar-refractivity contribution in [3.05, 3.63) is 0 Å². The number of unbranched alkanes of at least 4 members (excludes halogenated alkanes) is 13. The van der Waals surface area contributed by atoms with Gasteiger partial charge < -0.3 is 9.66 Å². The first-order valence-electron chi connectivity index (χ1n) is 11.5. The van der Waals surface area contributed by atoms with Crippen LogP contribution in [0.2, 0.25) is 0 Å². The number of hydrogen-bond donors (Lipinski definition) is 1. The Morgan fingerprint density at radius 1 is 0.679 bits per heavy atom. The Balaban J connectivity index is 0. The van der Waals surface area contributed by atoms with E-state index in [1.54, 1.807) is 0 Å². The summed E-state index contributed by atoms with van der Waals surface area (Å²) in [7, 11) is -4.09. The van der Waals surface area contributed by atoms with Crippen molar-refractivity contribution in [2.45, 2.75) is 141 Å². The van der Waals surface area contributed by atoms with Crippen LogP contribution in [0.3, 0.4) is 0 Å². The minimum atomic E-state index is -4.09. The first-order valence-corrected chi connectivity index (χ1v) is 13.0. The third kappa shape index (κ3) is 21.6. The van der Waals surface area contributed by atoms with E-state index in [1.165, 1.54) is 77.6 Å². The summed E-state index contributed by atoms with van der Waals surface area (Å²) in [6.07, 6.45) is 20.3.